The van der Waals surface area contributed by atoms with Crippen LogP contribution in [0.4, 0.5) is 0 Å². The SMILES string of the molecule is C/C=C\CCC.CC/C=C/C=C/SC(=N)C(NCCCC)C1CCCCC1. The van der Waals surface area contributed by atoms with Gasteiger partial charge in [-0.3, -0.25) is 5.41 Å². The maximum Gasteiger partial charge on any atom is 0.0856 e. The molecule has 2 nitrogen and oxygen atoms in total. The largest absolute Gasteiger partial charge is 0.308 e. The average Bonchev–Trinajstić information content (AvgIpc) is 2.70. The second-order valence-electron chi connectivity index (χ2n) is 7.19. The molecule has 0 aromatic rings. The maximum atomic E-state index is 8.42. The van der Waals surface area contributed by atoms with Gasteiger partial charge in [0.15, 0.2) is 0 Å². The molecule has 27 heavy (non-hydrogen) atoms. The van der Waals surface area contributed by atoms with E-state index in [4.69, 9.17) is 5.41 Å². The third kappa shape index (κ3) is 14.9. The third-order valence-corrected chi connectivity index (χ3v) is 5.55. The van der Waals surface area contributed by atoms with Gasteiger partial charge in [0.1, 0.15) is 0 Å². The Morgan fingerprint density at radius 2 is 1.81 bits per heavy atom. The fourth-order valence-corrected chi connectivity index (χ4v) is 3.89. The quantitative estimate of drug-likeness (QED) is 0.123. The van der Waals surface area contributed by atoms with Crippen molar-refractivity contribution in [2.45, 2.75) is 97.9 Å². The Morgan fingerprint density at radius 3 is 2.37 bits per heavy atom. The lowest BCUT2D eigenvalue weighted by Crippen LogP contribution is -2.42. The van der Waals surface area contributed by atoms with E-state index in [9.17, 15) is 0 Å². The monoisotopic (exact) mass is 392 g/mol. The number of thioether (sulfide) groups is 1. The van der Waals surface area contributed by atoms with Crippen LogP contribution in [0.3, 0.4) is 0 Å². The lowest BCUT2D eigenvalue weighted by Gasteiger charge is -2.31. The van der Waals surface area contributed by atoms with Gasteiger partial charge in [0, 0.05) is 0 Å². The first-order valence-corrected chi connectivity index (χ1v) is 12.0. The van der Waals surface area contributed by atoms with E-state index in [1.54, 1.807) is 11.8 Å². The topological polar surface area (TPSA) is 35.9 Å². The van der Waals surface area contributed by atoms with Crippen molar-refractivity contribution in [3.05, 3.63) is 35.8 Å². The second-order valence-corrected chi connectivity index (χ2v) is 8.14. The summed E-state index contributed by atoms with van der Waals surface area (Å²) in [5.41, 5.74) is 0. The van der Waals surface area contributed by atoms with Crippen molar-refractivity contribution in [3.63, 3.8) is 0 Å². The highest BCUT2D eigenvalue weighted by Gasteiger charge is 2.26. The highest BCUT2D eigenvalue weighted by molar-refractivity contribution is 8.16. The summed E-state index contributed by atoms with van der Waals surface area (Å²) in [6, 6.07) is 0.265. The number of hydrogen-bond donors (Lipinski definition) is 2. The minimum atomic E-state index is 0.265. The summed E-state index contributed by atoms with van der Waals surface area (Å²) in [6.45, 7) is 9.63. The van der Waals surface area contributed by atoms with Crippen LogP contribution < -0.4 is 5.32 Å². The summed E-state index contributed by atoms with van der Waals surface area (Å²) >= 11 is 1.58. The van der Waals surface area contributed by atoms with Gasteiger partial charge in [-0.25, -0.2) is 0 Å². The fraction of sp³-hybridized carbons (Fsp3) is 0.708. The van der Waals surface area contributed by atoms with Crippen molar-refractivity contribution in [3.8, 4) is 0 Å². The molecule has 1 rings (SSSR count). The molecular formula is C24H44N2S. The first kappa shape index (κ1) is 26.2. The Morgan fingerprint density at radius 1 is 1.07 bits per heavy atom. The predicted octanol–water partition coefficient (Wildman–Crippen LogP) is 7.88. The summed E-state index contributed by atoms with van der Waals surface area (Å²) in [6.07, 6.45) is 23.1. The first-order chi connectivity index (χ1) is 13.2. The zero-order chi connectivity index (χ0) is 20.2. The molecule has 0 heterocycles. The molecule has 0 aliphatic heterocycles. The van der Waals surface area contributed by atoms with Crippen LogP contribution >= 0.6 is 11.8 Å². The molecule has 0 aromatic heterocycles. The molecule has 0 saturated heterocycles. The van der Waals surface area contributed by atoms with Gasteiger partial charge in [0.25, 0.3) is 0 Å². The molecule has 0 radical (unpaired) electrons. The van der Waals surface area contributed by atoms with E-state index < -0.39 is 0 Å². The highest BCUT2D eigenvalue weighted by atomic mass is 32.2. The van der Waals surface area contributed by atoms with Crippen molar-refractivity contribution in [2.75, 3.05) is 6.54 Å². The molecule has 1 fully saturated rings. The van der Waals surface area contributed by atoms with E-state index in [0.717, 1.165) is 18.0 Å². The van der Waals surface area contributed by atoms with Gasteiger partial charge in [-0.2, -0.15) is 0 Å². The smallest absolute Gasteiger partial charge is 0.0856 e. The molecule has 0 aromatic carbocycles. The standard InChI is InChI=1S/C18H32N2S.C6H12/c1-3-5-7-11-15-21-18(19)17(20-14-6-4-2)16-12-9-8-10-13-16;1-3-5-6-4-2/h5,7,11,15-17,19-20H,3-4,6,8-10,12-14H2,1-2H3;3,5H,4,6H2,1-2H3/b7-5+,15-11+,19-18?;5-3-. The van der Waals surface area contributed by atoms with E-state index in [1.807, 2.05) is 11.5 Å². The van der Waals surface area contributed by atoms with Crippen LogP contribution in [0.25, 0.3) is 0 Å². The van der Waals surface area contributed by atoms with Gasteiger partial charge in [-0.05, 0) is 56.9 Å². The Hall–Kier alpha value is -0.800. The first-order valence-electron chi connectivity index (χ1n) is 11.1. The Bertz CT molecular complexity index is 420. The van der Waals surface area contributed by atoms with Gasteiger partial charge in [0.05, 0.1) is 11.1 Å². The van der Waals surface area contributed by atoms with Crippen molar-refractivity contribution in [1.29, 1.82) is 5.41 Å². The van der Waals surface area contributed by atoms with Gasteiger partial charge in [-0.1, -0.05) is 95.0 Å². The van der Waals surface area contributed by atoms with Gasteiger partial charge in [0.2, 0.25) is 0 Å². The molecule has 0 amide bonds. The number of allylic oxidation sites excluding steroid dienone is 5. The number of hydrogen-bond acceptors (Lipinski definition) is 3. The second kappa shape index (κ2) is 19.9. The molecule has 1 atom stereocenters. The van der Waals surface area contributed by atoms with Crippen molar-refractivity contribution < 1.29 is 0 Å². The van der Waals surface area contributed by atoms with Crippen LogP contribution in [-0.4, -0.2) is 17.6 Å². The van der Waals surface area contributed by atoms with Crippen LogP contribution in [0, 0.1) is 11.3 Å². The molecule has 1 unspecified atom stereocenters. The lowest BCUT2D eigenvalue weighted by atomic mass is 9.84. The minimum absolute atomic E-state index is 0.265. The minimum Gasteiger partial charge on any atom is -0.308 e. The fourth-order valence-electron chi connectivity index (χ4n) is 3.15. The van der Waals surface area contributed by atoms with Crippen LogP contribution in [-0.2, 0) is 0 Å². The molecule has 1 aliphatic rings. The van der Waals surface area contributed by atoms with Gasteiger partial charge < -0.3 is 5.32 Å². The molecule has 0 spiro atoms. The van der Waals surface area contributed by atoms with E-state index >= 15 is 0 Å². The zero-order valence-electron chi connectivity index (χ0n) is 18.3. The van der Waals surface area contributed by atoms with Crippen LogP contribution in [0.2, 0.25) is 0 Å². The number of nitrogens with one attached hydrogen (secondary N) is 2. The normalized spacial score (nSPS) is 16.7. The van der Waals surface area contributed by atoms with E-state index in [-0.39, 0.29) is 6.04 Å². The number of rotatable bonds is 11. The molecule has 0 bridgehead atoms. The molecular weight excluding hydrogens is 348 g/mol. The summed E-state index contributed by atoms with van der Waals surface area (Å²) < 4.78 is 0. The Labute approximate surface area is 173 Å². The summed E-state index contributed by atoms with van der Waals surface area (Å²) in [7, 11) is 0. The van der Waals surface area contributed by atoms with E-state index in [2.05, 4.69) is 57.3 Å². The molecule has 3 heteroatoms. The maximum absolute atomic E-state index is 8.42. The van der Waals surface area contributed by atoms with Crippen LogP contribution in [0.15, 0.2) is 35.8 Å². The summed E-state index contributed by atoms with van der Waals surface area (Å²) in [5, 5.41) is 14.9. The van der Waals surface area contributed by atoms with Crippen LogP contribution in [0.1, 0.15) is 91.9 Å². The van der Waals surface area contributed by atoms with E-state index in [0.29, 0.717) is 5.92 Å². The van der Waals surface area contributed by atoms with Crippen molar-refractivity contribution in [1.82, 2.24) is 5.32 Å². The third-order valence-electron chi connectivity index (χ3n) is 4.75. The summed E-state index contributed by atoms with van der Waals surface area (Å²) in [4.78, 5) is 0. The zero-order valence-corrected chi connectivity index (χ0v) is 19.1. The lowest BCUT2D eigenvalue weighted by molar-refractivity contribution is 0.312. The Balaban J connectivity index is 0.000000972. The van der Waals surface area contributed by atoms with Crippen molar-refractivity contribution in [2.24, 2.45) is 5.92 Å². The van der Waals surface area contributed by atoms with Gasteiger partial charge >= 0.3 is 0 Å². The summed E-state index contributed by atoms with van der Waals surface area (Å²) in [5.74, 6) is 0.662. The molecule has 2 N–H and O–H groups in total. The van der Waals surface area contributed by atoms with E-state index in [1.165, 1.54) is 57.8 Å². The number of unbranched alkanes of at least 4 members (excludes halogenated alkanes) is 2. The molecule has 1 aliphatic carbocycles. The molecule has 1 saturated carbocycles. The average molecular weight is 393 g/mol. The predicted molar refractivity (Wildman–Crippen MR) is 127 cm³/mol. The molecule has 156 valence electrons. The Kier molecular flexibility index (Phi) is 19.4. The highest BCUT2D eigenvalue weighted by Crippen LogP contribution is 2.29. The van der Waals surface area contributed by atoms with Gasteiger partial charge in [-0.15, -0.1) is 0 Å². The van der Waals surface area contributed by atoms with Crippen molar-refractivity contribution >= 4 is 16.8 Å². The van der Waals surface area contributed by atoms with Crippen LogP contribution in [0.5, 0.6) is 0 Å².